The summed E-state index contributed by atoms with van der Waals surface area (Å²) in [6, 6.07) is 18.8. The van der Waals surface area contributed by atoms with Gasteiger partial charge in [-0.2, -0.15) is 24.5 Å². The molecule has 0 saturated carbocycles. The van der Waals surface area contributed by atoms with Gasteiger partial charge in [0.2, 0.25) is 5.91 Å². The second kappa shape index (κ2) is 12.1. The maximum Gasteiger partial charge on any atom is 0.416 e. The van der Waals surface area contributed by atoms with Gasteiger partial charge in [-0.3, -0.25) is 4.79 Å². The van der Waals surface area contributed by atoms with E-state index in [0.717, 1.165) is 42.9 Å². The van der Waals surface area contributed by atoms with Gasteiger partial charge in [-0.25, -0.2) is 4.79 Å². The second-order valence-corrected chi connectivity index (χ2v) is 9.47. The first-order valence-electron chi connectivity index (χ1n) is 11.8. The van der Waals surface area contributed by atoms with Crippen molar-refractivity contribution in [3.63, 3.8) is 0 Å². The Kier molecular flexibility index (Phi) is 8.60. The molecule has 5 nitrogen and oxygen atoms in total. The van der Waals surface area contributed by atoms with Crippen molar-refractivity contribution in [3.05, 3.63) is 111 Å². The van der Waals surface area contributed by atoms with Crippen molar-refractivity contribution in [2.24, 2.45) is 0 Å². The predicted octanol–water partition coefficient (Wildman–Crippen LogP) is 6.65. The van der Waals surface area contributed by atoms with Gasteiger partial charge >= 0.3 is 12.1 Å². The summed E-state index contributed by atoms with van der Waals surface area (Å²) in [6.07, 6.45) is -2.92. The summed E-state index contributed by atoms with van der Waals surface area (Å²) < 4.78 is 37.3. The quantitative estimate of drug-likeness (QED) is 0.266. The summed E-state index contributed by atoms with van der Waals surface area (Å²) >= 11 is 1.62. The number of carbonyl (C=O) groups excluding carboxylic acids is 1. The third-order valence-corrected chi connectivity index (χ3v) is 6.73. The topological polar surface area (TPSA) is 78.4 Å². The maximum atomic E-state index is 12.4. The smallest absolute Gasteiger partial charge is 0.416 e. The zero-order chi connectivity index (χ0) is 27.1. The van der Waals surface area contributed by atoms with Crippen LogP contribution in [0.15, 0.2) is 83.6 Å². The Bertz CT molecular complexity index is 1400. The van der Waals surface area contributed by atoms with Crippen molar-refractivity contribution >= 4 is 28.9 Å². The molecule has 196 valence electrons. The van der Waals surface area contributed by atoms with Crippen molar-refractivity contribution in [2.75, 3.05) is 11.9 Å². The van der Waals surface area contributed by atoms with E-state index in [1.165, 1.54) is 29.3 Å². The number of hydrogen-bond donors (Lipinski definition) is 3. The molecule has 4 aromatic rings. The molecule has 0 spiro atoms. The molecule has 38 heavy (non-hydrogen) atoms. The molecule has 0 aliphatic carbocycles. The molecule has 9 heteroatoms. The van der Waals surface area contributed by atoms with Gasteiger partial charge in [-0.15, -0.1) is 0 Å². The van der Waals surface area contributed by atoms with Crippen LogP contribution in [-0.4, -0.2) is 23.5 Å². The van der Waals surface area contributed by atoms with Crippen molar-refractivity contribution in [1.82, 2.24) is 5.32 Å². The number of fused-ring (bicyclic) bond motifs is 1. The van der Waals surface area contributed by atoms with Gasteiger partial charge in [0.15, 0.2) is 0 Å². The lowest BCUT2D eigenvalue weighted by Gasteiger charge is -2.18. The highest BCUT2D eigenvalue weighted by molar-refractivity contribution is 7.08. The molecule has 5 rings (SSSR count). The van der Waals surface area contributed by atoms with Crippen LogP contribution in [0.3, 0.4) is 0 Å². The van der Waals surface area contributed by atoms with Gasteiger partial charge in [0, 0.05) is 12.2 Å². The minimum Gasteiger partial charge on any atom is -0.478 e. The molecule has 2 heterocycles. The first kappa shape index (κ1) is 27.1. The summed E-state index contributed by atoms with van der Waals surface area (Å²) in [5.74, 6) is -1.07. The molecular weight excluding hydrogens is 513 g/mol. The number of rotatable bonds is 5. The number of nitrogens with one attached hydrogen (secondary N) is 2. The molecule has 1 aromatic heterocycles. The minimum absolute atomic E-state index is 0.0484. The summed E-state index contributed by atoms with van der Waals surface area (Å²) in [7, 11) is 0. The Morgan fingerprint density at radius 2 is 1.74 bits per heavy atom. The van der Waals surface area contributed by atoms with Crippen LogP contribution in [-0.2, 0) is 30.4 Å². The Labute approximate surface area is 222 Å². The third-order valence-electron chi connectivity index (χ3n) is 6.00. The number of hydrogen-bond acceptors (Lipinski definition) is 4. The lowest BCUT2D eigenvalue weighted by Crippen LogP contribution is -2.23. The van der Waals surface area contributed by atoms with Crippen molar-refractivity contribution in [3.8, 4) is 11.1 Å². The molecule has 3 N–H and O–H groups in total. The SMILES string of the molecule is O=C(Cc1ccsc1)Nc1ccc2c(c1)CCNC2.O=C(O)c1ccccc1-c1ccc(C(F)(F)F)cc1. The van der Waals surface area contributed by atoms with Crippen LogP contribution in [0, 0.1) is 0 Å². The Balaban J connectivity index is 0.000000177. The number of carboxylic acids is 1. The predicted molar refractivity (Wildman–Crippen MR) is 142 cm³/mol. The molecule has 0 unspecified atom stereocenters. The number of aromatic carboxylic acids is 1. The fourth-order valence-electron chi connectivity index (χ4n) is 4.10. The lowest BCUT2D eigenvalue weighted by atomic mass is 9.99. The van der Waals surface area contributed by atoms with E-state index in [4.69, 9.17) is 5.11 Å². The van der Waals surface area contributed by atoms with Gasteiger partial charge < -0.3 is 15.7 Å². The van der Waals surface area contributed by atoms with E-state index in [0.29, 0.717) is 17.5 Å². The molecule has 3 aromatic carbocycles. The Morgan fingerprint density at radius 1 is 0.974 bits per heavy atom. The molecule has 0 saturated heterocycles. The second-order valence-electron chi connectivity index (χ2n) is 8.69. The van der Waals surface area contributed by atoms with Crippen molar-refractivity contribution < 1.29 is 27.9 Å². The number of benzene rings is 3. The molecule has 0 fully saturated rings. The van der Waals surface area contributed by atoms with Crippen LogP contribution in [0.4, 0.5) is 18.9 Å². The fraction of sp³-hybridized carbons (Fsp3) is 0.172. The van der Waals surface area contributed by atoms with Crippen LogP contribution < -0.4 is 10.6 Å². The monoisotopic (exact) mass is 538 g/mol. The summed E-state index contributed by atoms with van der Waals surface area (Å²) in [5, 5.41) is 19.4. The zero-order valence-electron chi connectivity index (χ0n) is 20.2. The van der Waals surface area contributed by atoms with Gasteiger partial charge in [0.25, 0.3) is 0 Å². The molecule has 0 bridgehead atoms. The number of carboxylic acid groups (broad SMARTS) is 1. The first-order chi connectivity index (χ1) is 18.2. The maximum absolute atomic E-state index is 12.4. The third kappa shape index (κ3) is 7.08. The van der Waals surface area contributed by atoms with Gasteiger partial charge in [-0.1, -0.05) is 36.4 Å². The van der Waals surface area contributed by atoms with Crippen molar-refractivity contribution in [1.29, 1.82) is 0 Å². The average molecular weight is 539 g/mol. The average Bonchev–Trinajstić information content (AvgIpc) is 3.41. The highest BCUT2D eigenvalue weighted by atomic mass is 32.1. The van der Waals surface area contributed by atoms with Gasteiger partial charge in [-0.05, 0) is 87.9 Å². The van der Waals surface area contributed by atoms with Crippen LogP contribution in [0.25, 0.3) is 11.1 Å². The number of carbonyl (C=O) groups is 2. The Morgan fingerprint density at radius 3 is 2.42 bits per heavy atom. The fourth-order valence-corrected chi connectivity index (χ4v) is 4.77. The molecule has 1 amide bonds. The lowest BCUT2D eigenvalue weighted by molar-refractivity contribution is -0.137. The number of amides is 1. The van der Waals surface area contributed by atoms with Crippen molar-refractivity contribution in [2.45, 2.75) is 25.6 Å². The highest BCUT2D eigenvalue weighted by Gasteiger charge is 2.30. The van der Waals surface area contributed by atoms with Crippen LogP contribution in [0.1, 0.15) is 32.6 Å². The number of anilines is 1. The van der Waals surface area contributed by atoms with E-state index < -0.39 is 17.7 Å². The highest BCUT2D eigenvalue weighted by Crippen LogP contribution is 2.31. The van der Waals surface area contributed by atoms with Gasteiger partial charge in [0.1, 0.15) is 0 Å². The summed E-state index contributed by atoms with van der Waals surface area (Å²) in [5.41, 5.74) is 4.78. The number of alkyl halides is 3. The van der Waals surface area contributed by atoms with E-state index in [1.807, 2.05) is 22.9 Å². The molecular formula is C29H25F3N2O3S. The largest absolute Gasteiger partial charge is 0.478 e. The molecule has 0 radical (unpaired) electrons. The van der Waals surface area contributed by atoms with E-state index in [9.17, 15) is 22.8 Å². The first-order valence-corrected chi connectivity index (χ1v) is 12.8. The van der Waals surface area contributed by atoms with Crippen LogP contribution in [0.2, 0.25) is 0 Å². The van der Waals surface area contributed by atoms with E-state index in [2.05, 4.69) is 22.8 Å². The zero-order valence-corrected chi connectivity index (χ0v) is 21.0. The van der Waals surface area contributed by atoms with Crippen LogP contribution in [0.5, 0.6) is 0 Å². The molecule has 1 aliphatic rings. The van der Waals surface area contributed by atoms with E-state index >= 15 is 0 Å². The van der Waals surface area contributed by atoms with E-state index in [-0.39, 0.29) is 11.5 Å². The molecule has 0 atom stereocenters. The van der Waals surface area contributed by atoms with Crippen LogP contribution >= 0.6 is 11.3 Å². The normalized spacial score (nSPS) is 12.6. The minimum atomic E-state index is -4.40. The van der Waals surface area contributed by atoms with E-state index in [1.54, 1.807) is 29.5 Å². The number of thiophene rings is 1. The Hall–Kier alpha value is -3.95. The summed E-state index contributed by atoms with van der Waals surface area (Å²) in [4.78, 5) is 23.0. The number of halogens is 3. The molecule has 1 aliphatic heterocycles. The summed E-state index contributed by atoms with van der Waals surface area (Å²) in [6.45, 7) is 1.94. The van der Waals surface area contributed by atoms with Gasteiger partial charge in [0.05, 0.1) is 17.5 Å². The standard InChI is InChI=1S/C15H16N2OS.C14H9F3O2/c18-15(7-11-4-6-19-10-11)17-14-2-1-13-9-16-5-3-12(13)8-14;15-14(16,17)10-7-5-9(6-8-10)11-3-1-2-4-12(11)13(18)19/h1-2,4,6,8,10,16H,3,5,7,9H2,(H,17,18);1-8H,(H,18,19).